The van der Waals surface area contributed by atoms with E-state index in [1.165, 1.54) is 0 Å². The van der Waals surface area contributed by atoms with Gasteiger partial charge in [0.1, 0.15) is 34.7 Å². The van der Waals surface area contributed by atoms with Crippen LogP contribution in [-0.4, -0.2) is 58.4 Å². The minimum absolute atomic E-state index is 0.0235. The lowest BCUT2D eigenvalue weighted by Gasteiger charge is -2.25. The molecule has 250 valence electrons. The summed E-state index contributed by atoms with van der Waals surface area (Å²) < 4.78 is 31.6. The van der Waals surface area contributed by atoms with Crippen LogP contribution in [0.4, 0.5) is 10.6 Å². The van der Waals surface area contributed by atoms with Gasteiger partial charge in [-0.3, -0.25) is 0 Å². The van der Waals surface area contributed by atoms with Crippen LogP contribution in [0, 0.1) is 0 Å². The smallest absolute Gasteiger partial charge is 0.407 e. The lowest BCUT2D eigenvalue weighted by Crippen LogP contribution is -2.32. The highest BCUT2D eigenvalue weighted by Gasteiger charge is 2.55. The monoisotopic (exact) mass is 663 g/mol. The van der Waals surface area contributed by atoms with Gasteiger partial charge < -0.3 is 38.9 Å². The lowest BCUT2D eigenvalue weighted by molar-refractivity contribution is -0.157. The normalized spacial score (nSPS) is 21.8. The predicted molar refractivity (Wildman–Crippen MR) is 179 cm³/mol. The maximum absolute atomic E-state index is 12.4. The van der Waals surface area contributed by atoms with Gasteiger partial charge >= 0.3 is 6.09 Å². The number of nitrogens with one attached hydrogen (secondary N) is 2. The predicted octanol–water partition coefficient (Wildman–Crippen LogP) is 6.99. The van der Waals surface area contributed by atoms with Crippen LogP contribution in [0.2, 0.25) is 5.28 Å². The van der Waals surface area contributed by atoms with Crippen LogP contribution >= 0.6 is 11.6 Å². The van der Waals surface area contributed by atoms with Gasteiger partial charge in [0.2, 0.25) is 5.28 Å². The minimum atomic E-state index is -0.771. The second-order valence-electron chi connectivity index (χ2n) is 13.4. The second kappa shape index (κ2) is 12.9. The fourth-order valence-corrected chi connectivity index (χ4v) is 6.66. The van der Waals surface area contributed by atoms with Crippen molar-refractivity contribution in [3.63, 3.8) is 0 Å². The summed E-state index contributed by atoms with van der Waals surface area (Å²) in [6, 6.07) is 15.8. The maximum Gasteiger partial charge on any atom is 0.407 e. The van der Waals surface area contributed by atoms with Crippen LogP contribution in [0.25, 0.3) is 11.0 Å². The van der Waals surface area contributed by atoms with E-state index in [1.807, 2.05) is 83.3 Å². The zero-order valence-electron chi connectivity index (χ0n) is 27.8. The molecule has 0 unspecified atom stereocenters. The summed E-state index contributed by atoms with van der Waals surface area (Å²) in [4.78, 5) is 21.6. The van der Waals surface area contributed by atoms with Crippen molar-refractivity contribution in [2.75, 3.05) is 19.5 Å². The van der Waals surface area contributed by atoms with E-state index in [0.29, 0.717) is 23.8 Å². The minimum Gasteiger partial charge on any atom is -0.497 e. The first-order valence-corrected chi connectivity index (χ1v) is 16.1. The number of rotatable bonds is 9. The third-order valence-electron chi connectivity index (χ3n) is 8.44. The van der Waals surface area contributed by atoms with Crippen molar-refractivity contribution in [1.29, 1.82) is 0 Å². The quantitative estimate of drug-likeness (QED) is 0.183. The SMILES string of the molecule is COc1ccc(CNc2nc(Cl)nc3c2ccn3[C@@H]2C[C@H](c3cc(CNC(=O)OC(C)(C)C)cc(OC)c3)[C@H]3OC(C)(C)O[C@H]32)cc1. The van der Waals surface area contributed by atoms with E-state index in [4.69, 9.17) is 35.3 Å². The van der Waals surface area contributed by atoms with Crippen molar-refractivity contribution in [2.24, 2.45) is 0 Å². The number of alkyl carbamates (subject to hydrolysis) is 1. The third kappa shape index (κ3) is 7.27. The molecule has 1 aliphatic carbocycles. The first kappa shape index (κ1) is 32.9. The fourth-order valence-electron chi connectivity index (χ4n) is 6.50. The fraction of sp³-hybridized carbons (Fsp3) is 0.457. The number of aromatic nitrogens is 3. The van der Waals surface area contributed by atoms with E-state index < -0.39 is 17.5 Å². The van der Waals surface area contributed by atoms with Crippen molar-refractivity contribution in [1.82, 2.24) is 19.9 Å². The third-order valence-corrected chi connectivity index (χ3v) is 8.61. The largest absolute Gasteiger partial charge is 0.497 e. The van der Waals surface area contributed by atoms with Crippen molar-refractivity contribution >= 4 is 34.5 Å². The van der Waals surface area contributed by atoms with Crippen molar-refractivity contribution < 1.29 is 28.5 Å². The van der Waals surface area contributed by atoms with Crippen LogP contribution in [0.5, 0.6) is 11.5 Å². The molecule has 1 saturated heterocycles. The van der Waals surface area contributed by atoms with Crippen molar-refractivity contribution in [2.45, 2.75) is 89.7 Å². The molecule has 2 aliphatic rings. The Morgan fingerprint density at radius 2 is 1.70 bits per heavy atom. The van der Waals surface area contributed by atoms with Gasteiger partial charge in [-0.2, -0.15) is 4.98 Å². The number of methoxy groups -OCH3 is 2. The number of amides is 1. The molecule has 2 aromatic heterocycles. The first-order chi connectivity index (χ1) is 22.3. The van der Waals surface area contributed by atoms with Gasteiger partial charge in [-0.25, -0.2) is 9.78 Å². The Balaban J connectivity index is 1.28. The van der Waals surface area contributed by atoms with Crippen LogP contribution in [0.15, 0.2) is 54.7 Å². The number of carbonyl (C=O) groups is 1. The molecule has 11 nitrogen and oxygen atoms in total. The molecule has 0 radical (unpaired) electrons. The molecular weight excluding hydrogens is 622 g/mol. The van der Waals surface area contributed by atoms with Gasteiger partial charge in [0.15, 0.2) is 5.79 Å². The topological polar surface area (TPSA) is 118 Å². The summed E-state index contributed by atoms with van der Waals surface area (Å²) >= 11 is 6.50. The highest BCUT2D eigenvalue weighted by Crippen LogP contribution is 2.52. The molecule has 4 atom stereocenters. The van der Waals surface area contributed by atoms with Crippen LogP contribution < -0.4 is 20.1 Å². The average Bonchev–Trinajstić information content (AvgIpc) is 3.68. The van der Waals surface area contributed by atoms with Gasteiger partial charge in [-0.1, -0.05) is 18.2 Å². The molecule has 0 spiro atoms. The van der Waals surface area contributed by atoms with Crippen LogP contribution in [-0.2, 0) is 27.3 Å². The summed E-state index contributed by atoms with van der Waals surface area (Å²) in [7, 11) is 3.29. The van der Waals surface area contributed by atoms with E-state index in [2.05, 4.69) is 31.2 Å². The van der Waals surface area contributed by atoms with Gasteiger partial charge in [0.25, 0.3) is 0 Å². The number of anilines is 1. The Bertz CT molecular complexity index is 1750. The molecular formula is C35H42ClN5O6. The Labute approximate surface area is 279 Å². The summed E-state index contributed by atoms with van der Waals surface area (Å²) in [5.74, 6) is 1.35. The van der Waals surface area contributed by atoms with Crippen molar-refractivity contribution in [3.8, 4) is 11.5 Å². The summed E-state index contributed by atoms with van der Waals surface area (Å²) in [6.07, 6.45) is 1.79. The molecule has 1 amide bonds. The van der Waals surface area contributed by atoms with E-state index in [9.17, 15) is 4.79 Å². The summed E-state index contributed by atoms with van der Waals surface area (Å²) in [5.41, 5.74) is 3.13. The zero-order chi connectivity index (χ0) is 33.5. The van der Waals surface area contributed by atoms with Crippen LogP contribution in [0.1, 0.15) is 69.7 Å². The van der Waals surface area contributed by atoms with E-state index >= 15 is 0 Å². The maximum atomic E-state index is 12.4. The lowest BCUT2D eigenvalue weighted by atomic mass is 9.93. The number of carbonyl (C=O) groups excluding carboxylic acids is 1. The Hall–Kier alpha value is -4.06. The molecule has 4 aromatic rings. The van der Waals surface area contributed by atoms with Gasteiger partial charge in [-0.05, 0) is 99.7 Å². The van der Waals surface area contributed by atoms with E-state index in [0.717, 1.165) is 34.2 Å². The molecule has 0 bridgehead atoms. The molecule has 1 saturated carbocycles. The Morgan fingerprint density at radius 3 is 2.40 bits per heavy atom. The number of ether oxygens (including phenoxy) is 5. The second-order valence-corrected chi connectivity index (χ2v) is 13.8. The summed E-state index contributed by atoms with van der Waals surface area (Å²) in [5, 5.41) is 7.30. The molecule has 6 rings (SSSR count). The average molecular weight is 664 g/mol. The molecule has 3 heterocycles. The summed E-state index contributed by atoms with van der Waals surface area (Å²) in [6.45, 7) is 10.2. The number of hydrogen-bond donors (Lipinski definition) is 2. The van der Waals surface area contributed by atoms with Gasteiger partial charge in [0.05, 0.1) is 31.8 Å². The molecule has 2 N–H and O–H groups in total. The molecule has 1 aliphatic heterocycles. The van der Waals surface area contributed by atoms with Gasteiger partial charge in [0, 0.05) is 25.2 Å². The van der Waals surface area contributed by atoms with E-state index in [1.54, 1.807) is 14.2 Å². The van der Waals surface area contributed by atoms with Gasteiger partial charge in [-0.15, -0.1) is 0 Å². The van der Waals surface area contributed by atoms with Crippen molar-refractivity contribution in [3.05, 3.63) is 76.7 Å². The molecule has 12 heteroatoms. The highest BCUT2D eigenvalue weighted by molar-refractivity contribution is 6.28. The number of hydrogen-bond acceptors (Lipinski definition) is 9. The number of halogens is 1. The van der Waals surface area contributed by atoms with E-state index in [-0.39, 0.29) is 36.0 Å². The standard InChI is InChI=1S/C35H42ClN5O6/c1-34(2,3)47-33(42)38-19-21-14-22(16-24(15-21)44-7)26-17-27(29-28(26)45-35(4,5)46-29)41-13-12-25-30(39-32(36)40-31(25)41)37-18-20-8-10-23(43-6)11-9-20/h8-16,26-29H,17-19H2,1-7H3,(H,38,42)(H,37,39,40)/t26-,27-,28-,29+/m1/s1. The number of nitrogens with zero attached hydrogens (tertiary/aromatic N) is 3. The molecule has 2 aromatic carbocycles. The van der Waals surface area contributed by atoms with Crippen LogP contribution in [0.3, 0.4) is 0 Å². The first-order valence-electron chi connectivity index (χ1n) is 15.7. The number of benzene rings is 2. The number of fused-ring (bicyclic) bond motifs is 2. The zero-order valence-corrected chi connectivity index (χ0v) is 28.6. The molecule has 47 heavy (non-hydrogen) atoms. The Morgan fingerprint density at radius 1 is 0.979 bits per heavy atom. The highest BCUT2D eigenvalue weighted by atomic mass is 35.5. The Kier molecular flexibility index (Phi) is 8.99. The molecule has 2 fully saturated rings.